The van der Waals surface area contributed by atoms with Crippen molar-refractivity contribution in [2.24, 2.45) is 5.92 Å². The zero-order valence-corrected chi connectivity index (χ0v) is 26.3. The van der Waals surface area contributed by atoms with Gasteiger partial charge in [0.25, 0.3) is 0 Å². The molecular formula is C32H34ClN3O6S. The van der Waals surface area contributed by atoms with Crippen LogP contribution in [0.3, 0.4) is 0 Å². The summed E-state index contributed by atoms with van der Waals surface area (Å²) in [6, 6.07) is 14.6. The SMILES string of the molecule is COC(=O)c1sc(-n2cnc3ccc(C(=O)C4CCN(C(=O)OC(C)(C)C)CC4)cc32)cc1O[C@H](C)c1ccccc1Cl. The van der Waals surface area contributed by atoms with E-state index in [0.29, 0.717) is 57.7 Å². The predicted octanol–water partition coefficient (Wildman–Crippen LogP) is 7.50. The predicted molar refractivity (Wildman–Crippen MR) is 166 cm³/mol. The van der Waals surface area contributed by atoms with Gasteiger partial charge in [0.05, 0.1) is 18.1 Å². The highest BCUT2D eigenvalue weighted by Crippen LogP contribution is 2.38. The van der Waals surface area contributed by atoms with Gasteiger partial charge in [0.2, 0.25) is 0 Å². The van der Waals surface area contributed by atoms with Crippen LogP contribution < -0.4 is 4.74 Å². The first kappa shape index (κ1) is 30.6. The van der Waals surface area contributed by atoms with Gasteiger partial charge in [-0.25, -0.2) is 14.6 Å². The summed E-state index contributed by atoms with van der Waals surface area (Å²) in [5.74, 6) is -0.329. The Morgan fingerprint density at radius 1 is 1.07 bits per heavy atom. The van der Waals surface area contributed by atoms with E-state index in [1.165, 1.54) is 18.4 Å². The van der Waals surface area contributed by atoms with Gasteiger partial charge in [0.1, 0.15) is 28.8 Å². The smallest absolute Gasteiger partial charge is 0.410 e. The lowest BCUT2D eigenvalue weighted by Crippen LogP contribution is -2.43. The molecule has 226 valence electrons. The molecule has 1 saturated heterocycles. The molecule has 1 fully saturated rings. The fourth-order valence-corrected chi connectivity index (χ4v) is 6.37. The lowest BCUT2D eigenvalue weighted by atomic mass is 9.89. The number of thiophene rings is 1. The number of likely N-dealkylation sites (tertiary alicyclic amines) is 1. The Labute approximate surface area is 259 Å². The fraction of sp³-hybridized carbons (Fsp3) is 0.375. The van der Waals surface area contributed by atoms with E-state index in [1.54, 1.807) is 29.4 Å². The van der Waals surface area contributed by atoms with Crippen LogP contribution in [0.4, 0.5) is 4.79 Å². The van der Waals surface area contributed by atoms with Crippen LogP contribution in [0.1, 0.15) is 72.2 Å². The average Bonchev–Trinajstić information content (AvgIpc) is 3.59. The van der Waals surface area contributed by atoms with Crippen molar-refractivity contribution in [1.82, 2.24) is 14.5 Å². The number of nitrogens with zero attached hydrogens (tertiary/aromatic N) is 3. The first-order valence-corrected chi connectivity index (χ1v) is 15.3. The van der Waals surface area contributed by atoms with E-state index in [4.69, 9.17) is 25.8 Å². The second-order valence-electron chi connectivity index (χ2n) is 11.5. The highest BCUT2D eigenvalue weighted by Gasteiger charge is 2.31. The molecule has 0 spiro atoms. The summed E-state index contributed by atoms with van der Waals surface area (Å²) in [5.41, 5.74) is 2.22. The van der Waals surface area contributed by atoms with Crippen molar-refractivity contribution in [3.63, 3.8) is 0 Å². The largest absolute Gasteiger partial charge is 0.484 e. The van der Waals surface area contributed by atoms with E-state index in [0.717, 1.165) is 11.1 Å². The first-order chi connectivity index (χ1) is 20.4. The molecule has 2 aromatic heterocycles. The van der Waals surface area contributed by atoms with Crippen molar-refractivity contribution in [3.05, 3.63) is 75.9 Å². The lowest BCUT2D eigenvalue weighted by molar-refractivity contribution is 0.0182. The van der Waals surface area contributed by atoms with Crippen molar-refractivity contribution in [3.8, 4) is 10.8 Å². The monoisotopic (exact) mass is 623 g/mol. The number of ketones is 1. The number of piperidine rings is 1. The van der Waals surface area contributed by atoms with E-state index in [2.05, 4.69) is 4.98 Å². The molecule has 0 N–H and O–H groups in total. The van der Waals surface area contributed by atoms with Gasteiger partial charge in [0, 0.05) is 41.2 Å². The summed E-state index contributed by atoms with van der Waals surface area (Å²) >= 11 is 7.59. The Bertz CT molecular complexity index is 1670. The average molecular weight is 624 g/mol. The number of rotatable bonds is 7. The number of amides is 1. The number of esters is 1. The molecule has 11 heteroatoms. The normalized spacial score (nSPS) is 14.9. The van der Waals surface area contributed by atoms with Gasteiger partial charge >= 0.3 is 12.1 Å². The lowest BCUT2D eigenvalue weighted by Gasteiger charge is -2.33. The van der Waals surface area contributed by atoms with E-state index in [1.807, 2.05) is 62.6 Å². The number of fused-ring (bicyclic) bond motifs is 1. The maximum Gasteiger partial charge on any atom is 0.410 e. The zero-order valence-electron chi connectivity index (χ0n) is 24.8. The molecule has 5 rings (SSSR count). The number of hydrogen-bond donors (Lipinski definition) is 0. The van der Waals surface area contributed by atoms with Gasteiger partial charge in [-0.1, -0.05) is 29.8 Å². The fourth-order valence-electron chi connectivity index (χ4n) is 5.08. The molecule has 3 heterocycles. The maximum atomic E-state index is 13.5. The van der Waals surface area contributed by atoms with E-state index in [9.17, 15) is 14.4 Å². The van der Waals surface area contributed by atoms with Gasteiger partial charge < -0.3 is 19.1 Å². The third kappa shape index (κ3) is 6.70. The van der Waals surface area contributed by atoms with Crippen LogP contribution in [0.25, 0.3) is 16.0 Å². The van der Waals surface area contributed by atoms with Crippen LogP contribution in [0, 0.1) is 5.92 Å². The van der Waals surface area contributed by atoms with Gasteiger partial charge in [-0.3, -0.25) is 9.36 Å². The molecular weight excluding hydrogens is 590 g/mol. The first-order valence-electron chi connectivity index (χ1n) is 14.1. The number of carbonyl (C=O) groups is 3. The minimum absolute atomic E-state index is 0.0255. The molecule has 0 aliphatic carbocycles. The topological polar surface area (TPSA) is 100.0 Å². The van der Waals surface area contributed by atoms with Gasteiger partial charge in [0.15, 0.2) is 10.7 Å². The highest BCUT2D eigenvalue weighted by molar-refractivity contribution is 7.16. The number of hydrogen-bond acceptors (Lipinski definition) is 8. The Kier molecular flexibility index (Phi) is 8.80. The quantitative estimate of drug-likeness (QED) is 0.155. The van der Waals surface area contributed by atoms with Gasteiger partial charge in [-0.15, -0.1) is 11.3 Å². The minimum atomic E-state index is -0.566. The minimum Gasteiger partial charge on any atom is -0.484 e. The molecule has 2 aromatic carbocycles. The summed E-state index contributed by atoms with van der Waals surface area (Å²) in [6.07, 6.45) is 2.01. The summed E-state index contributed by atoms with van der Waals surface area (Å²) in [5, 5.41) is 1.25. The van der Waals surface area contributed by atoms with E-state index in [-0.39, 0.29) is 17.8 Å². The van der Waals surface area contributed by atoms with Crippen molar-refractivity contribution >= 4 is 51.8 Å². The summed E-state index contributed by atoms with van der Waals surface area (Å²) < 4.78 is 18.6. The Hall–Kier alpha value is -3.89. The van der Waals surface area contributed by atoms with Crippen LogP contribution in [-0.4, -0.2) is 58.1 Å². The zero-order chi connectivity index (χ0) is 30.9. The Morgan fingerprint density at radius 2 is 1.79 bits per heavy atom. The molecule has 1 atom stereocenters. The van der Waals surface area contributed by atoms with Crippen LogP contribution in [-0.2, 0) is 9.47 Å². The number of carbonyl (C=O) groups excluding carboxylic acids is 3. The molecule has 4 aromatic rings. The number of ether oxygens (including phenoxy) is 3. The molecule has 0 saturated carbocycles. The number of halogens is 1. The number of aromatic nitrogens is 2. The molecule has 0 radical (unpaired) electrons. The Balaban J connectivity index is 1.38. The molecule has 1 aliphatic rings. The second-order valence-corrected chi connectivity index (χ2v) is 12.9. The second kappa shape index (κ2) is 12.4. The molecule has 0 bridgehead atoms. The summed E-state index contributed by atoms with van der Waals surface area (Å²) in [4.78, 5) is 45.2. The summed E-state index contributed by atoms with van der Waals surface area (Å²) in [7, 11) is 1.32. The number of benzene rings is 2. The third-order valence-corrected chi connectivity index (χ3v) is 8.73. The molecule has 9 nitrogen and oxygen atoms in total. The molecule has 1 aliphatic heterocycles. The van der Waals surface area contributed by atoms with Crippen molar-refractivity contribution in [1.29, 1.82) is 0 Å². The number of Topliss-reactive ketones (excluding diaryl/α,β-unsaturated/α-hetero) is 1. The van der Waals surface area contributed by atoms with Crippen LogP contribution >= 0.6 is 22.9 Å². The van der Waals surface area contributed by atoms with Gasteiger partial charge in [-0.05, 0) is 64.8 Å². The maximum absolute atomic E-state index is 13.5. The third-order valence-electron chi connectivity index (χ3n) is 7.29. The van der Waals surface area contributed by atoms with Crippen molar-refractivity contribution < 1.29 is 28.6 Å². The van der Waals surface area contributed by atoms with Crippen molar-refractivity contribution in [2.75, 3.05) is 20.2 Å². The van der Waals surface area contributed by atoms with Gasteiger partial charge in [-0.2, -0.15) is 0 Å². The molecule has 0 unspecified atom stereocenters. The number of methoxy groups -OCH3 is 1. The van der Waals surface area contributed by atoms with Crippen molar-refractivity contribution in [2.45, 2.75) is 52.2 Å². The van der Waals surface area contributed by atoms with E-state index >= 15 is 0 Å². The molecule has 43 heavy (non-hydrogen) atoms. The van der Waals surface area contributed by atoms with Crippen LogP contribution in [0.5, 0.6) is 5.75 Å². The Morgan fingerprint density at radius 3 is 2.47 bits per heavy atom. The highest BCUT2D eigenvalue weighted by atomic mass is 35.5. The molecule has 1 amide bonds. The van der Waals surface area contributed by atoms with Crippen LogP contribution in [0.2, 0.25) is 5.02 Å². The van der Waals surface area contributed by atoms with E-state index < -0.39 is 17.7 Å². The number of imidazole rings is 1. The van der Waals surface area contributed by atoms with Crippen LogP contribution in [0.15, 0.2) is 54.9 Å². The standard InChI is InChI=1S/C32H34ClN3O6S/c1-19(22-8-6-7-9-23(22)33)41-26-17-27(43-29(26)30(38)40-5)36-18-34-24-11-10-21(16-25(24)36)28(37)20-12-14-35(15-13-20)31(39)42-32(2,3)4/h6-11,16-20H,12-15H2,1-5H3/t19-/m1/s1. The summed E-state index contributed by atoms with van der Waals surface area (Å²) in [6.45, 7) is 8.30.